The summed E-state index contributed by atoms with van der Waals surface area (Å²) in [5.74, 6) is 0. The molecule has 6 bridgehead atoms. The summed E-state index contributed by atoms with van der Waals surface area (Å²) < 4.78 is 0. The highest BCUT2D eigenvalue weighted by Crippen LogP contribution is 2.45. The molecule has 0 aliphatic carbocycles. The van der Waals surface area contributed by atoms with Crippen molar-refractivity contribution in [1.29, 1.82) is 0 Å². The third kappa shape index (κ3) is 6.57. The molecule has 8 aromatic rings. The van der Waals surface area contributed by atoms with Crippen LogP contribution in [0, 0.1) is 0 Å². The van der Waals surface area contributed by atoms with E-state index in [0.717, 1.165) is 11.4 Å². The van der Waals surface area contributed by atoms with E-state index in [1.807, 2.05) is 0 Å². The monoisotopic (exact) mass is 753 g/mol. The zero-order valence-corrected chi connectivity index (χ0v) is 34.9. The molecular weight excluding hydrogens is 707 g/mol. The van der Waals surface area contributed by atoms with Crippen molar-refractivity contribution in [2.75, 3.05) is 4.90 Å². The lowest BCUT2D eigenvalue weighted by atomic mass is 9.89. The van der Waals surface area contributed by atoms with E-state index in [2.05, 4.69) is 232 Å². The maximum absolute atomic E-state index is 2.50. The molecule has 0 unspecified atom stereocenters. The second kappa shape index (κ2) is 14.2. The van der Waals surface area contributed by atoms with E-state index >= 15 is 0 Å². The van der Waals surface area contributed by atoms with E-state index in [4.69, 9.17) is 0 Å². The summed E-state index contributed by atoms with van der Waals surface area (Å²) in [6.45, 7) is 12.2. The smallest absolute Gasteiger partial charge is 0.112 e. The fourth-order valence-corrected chi connectivity index (χ4v) is 11.8. The molecule has 0 atom stereocenters. The van der Waals surface area contributed by atoms with Gasteiger partial charge in [0, 0.05) is 16.9 Å². The maximum atomic E-state index is 2.50. The Balaban J connectivity index is 1.37. The van der Waals surface area contributed by atoms with E-state index in [1.165, 1.54) is 76.9 Å². The summed E-state index contributed by atoms with van der Waals surface area (Å²) in [4.78, 5) is 2.50. The molecule has 0 saturated carbocycles. The first-order valence-electron chi connectivity index (χ1n) is 19.8. The van der Waals surface area contributed by atoms with Crippen molar-refractivity contribution in [3.05, 3.63) is 194 Å². The van der Waals surface area contributed by atoms with Gasteiger partial charge in [0.15, 0.2) is 0 Å². The Morgan fingerprint density at radius 2 is 0.821 bits per heavy atom. The van der Waals surface area contributed by atoms with Crippen LogP contribution in [-0.2, 0) is 0 Å². The molecule has 8 aromatic carbocycles. The van der Waals surface area contributed by atoms with Gasteiger partial charge in [-0.2, -0.15) is 0 Å². The summed E-state index contributed by atoms with van der Waals surface area (Å²) in [6, 6.07) is 72.9. The molecule has 0 saturated heterocycles. The van der Waals surface area contributed by atoms with Crippen LogP contribution in [-0.4, -0.2) is 16.1 Å². The van der Waals surface area contributed by atoms with Gasteiger partial charge in [0.25, 0.3) is 0 Å². The molecule has 0 aromatic heterocycles. The summed E-state index contributed by atoms with van der Waals surface area (Å²) >= 11 is 0. The van der Waals surface area contributed by atoms with Crippen LogP contribution in [0.4, 0.5) is 17.1 Å². The van der Waals surface area contributed by atoms with E-state index in [1.54, 1.807) is 0 Å². The van der Waals surface area contributed by atoms with E-state index in [9.17, 15) is 0 Å². The average Bonchev–Trinajstić information content (AvgIpc) is 3.24. The Kier molecular flexibility index (Phi) is 9.08. The number of hydrogen-bond donors (Lipinski definition) is 0. The van der Waals surface area contributed by atoms with Crippen molar-refractivity contribution in [2.45, 2.75) is 32.7 Å². The predicted molar refractivity (Wildman–Crippen MR) is 248 cm³/mol. The van der Waals surface area contributed by atoms with Gasteiger partial charge in [-0.1, -0.05) is 212 Å². The van der Waals surface area contributed by atoms with Crippen molar-refractivity contribution >= 4 is 48.8 Å². The molecule has 4 aliphatic rings. The van der Waals surface area contributed by atoms with E-state index in [0.29, 0.717) is 0 Å². The average molecular weight is 754 g/mol. The van der Waals surface area contributed by atoms with Gasteiger partial charge in [-0.05, 0) is 80.4 Å². The quantitative estimate of drug-likeness (QED) is 0.158. The fourth-order valence-electron chi connectivity index (χ4n) is 8.33. The summed E-state index contributed by atoms with van der Waals surface area (Å²) in [6.07, 6.45) is 0. The first kappa shape index (κ1) is 35.7. The normalized spacial score (nSPS) is 13.2. The topological polar surface area (TPSA) is 3.24 Å². The van der Waals surface area contributed by atoms with Gasteiger partial charge in [-0.25, -0.2) is 0 Å². The van der Waals surface area contributed by atoms with Crippen LogP contribution in [0.3, 0.4) is 0 Å². The van der Waals surface area contributed by atoms with Gasteiger partial charge < -0.3 is 4.90 Å². The van der Waals surface area contributed by atoms with Crippen LogP contribution in [0.2, 0.25) is 32.7 Å². The second-order valence-electron chi connectivity index (χ2n) is 16.7. The minimum atomic E-state index is -2.14. The SMILES string of the molecule is C[Si](C)(C)c1ccc(-c2cc3ccc2-c2ccccc2-c2ccc(cc2)[Si](C)(C)c2ccc(-c4ccccc4)c(c2)N3c2ccc(-c3ccccc3)cc2)cc1. The number of hydrogen-bond acceptors (Lipinski definition) is 1. The van der Waals surface area contributed by atoms with Crippen molar-refractivity contribution < 1.29 is 0 Å². The first-order chi connectivity index (χ1) is 27.1. The summed E-state index contributed by atoms with van der Waals surface area (Å²) in [5, 5.41) is 4.29. The zero-order valence-electron chi connectivity index (χ0n) is 32.9. The zero-order chi connectivity index (χ0) is 38.4. The van der Waals surface area contributed by atoms with Crippen LogP contribution < -0.4 is 20.5 Å². The van der Waals surface area contributed by atoms with Gasteiger partial charge in [-0.3, -0.25) is 0 Å². The third-order valence-corrected chi connectivity index (χ3v) is 17.3. The van der Waals surface area contributed by atoms with Crippen molar-refractivity contribution in [3.8, 4) is 55.6 Å². The molecule has 0 spiro atoms. The Morgan fingerprint density at radius 1 is 0.357 bits per heavy atom. The highest BCUT2D eigenvalue weighted by atomic mass is 28.3. The second-order valence-corrected chi connectivity index (χ2v) is 26.1. The third-order valence-electron chi connectivity index (χ3n) is 11.7. The molecule has 0 N–H and O–H groups in total. The maximum Gasteiger partial charge on any atom is 0.112 e. The fraction of sp³-hybridized carbons (Fsp3) is 0.0943. The number of nitrogens with zero attached hydrogens (tertiary/aromatic N) is 1. The molecule has 0 amide bonds. The molecule has 4 aliphatic heterocycles. The van der Waals surface area contributed by atoms with Gasteiger partial charge in [0.1, 0.15) is 8.07 Å². The molecule has 0 fully saturated rings. The Bertz CT molecular complexity index is 2660. The molecule has 56 heavy (non-hydrogen) atoms. The Morgan fingerprint density at radius 3 is 1.48 bits per heavy atom. The highest BCUT2D eigenvalue weighted by molar-refractivity contribution is 7.00. The molecule has 272 valence electrons. The van der Waals surface area contributed by atoms with E-state index < -0.39 is 16.1 Å². The minimum absolute atomic E-state index is 1.12. The van der Waals surface area contributed by atoms with Crippen LogP contribution in [0.5, 0.6) is 0 Å². The minimum Gasteiger partial charge on any atom is -0.310 e. The largest absolute Gasteiger partial charge is 0.310 e. The lowest BCUT2D eigenvalue weighted by Gasteiger charge is -2.31. The molecule has 0 radical (unpaired) electrons. The first-order valence-corrected chi connectivity index (χ1v) is 26.3. The van der Waals surface area contributed by atoms with Gasteiger partial charge in [0.05, 0.1) is 13.8 Å². The van der Waals surface area contributed by atoms with Crippen LogP contribution in [0.15, 0.2) is 194 Å². The predicted octanol–water partition coefficient (Wildman–Crippen LogP) is 13.2. The van der Waals surface area contributed by atoms with Crippen molar-refractivity contribution in [3.63, 3.8) is 0 Å². The van der Waals surface area contributed by atoms with Gasteiger partial charge in [0.2, 0.25) is 0 Å². The van der Waals surface area contributed by atoms with Crippen molar-refractivity contribution in [2.24, 2.45) is 0 Å². The van der Waals surface area contributed by atoms with Crippen LogP contribution in [0.1, 0.15) is 0 Å². The van der Waals surface area contributed by atoms with E-state index in [-0.39, 0.29) is 0 Å². The molecule has 4 heterocycles. The van der Waals surface area contributed by atoms with Gasteiger partial charge in [-0.15, -0.1) is 0 Å². The van der Waals surface area contributed by atoms with Crippen LogP contribution in [0.25, 0.3) is 55.6 Å². The van der Waals surface area contributed by atoms with Crippen LogP contribution >= 0.6 is 0 Å². The molecule has 3 heteroatoms. The van der Waals surface area contributed by atoms with Gasteiger partial charge >= 0.3 is 0 Å². The highest BCUT2D eigenvalue weighted by Gasteiger charge is 2.29. The summed E-state index contributed by atoms with van der Waals surface area (Å²) in [5.41, 5.74) is 15.7. The number of anilines is 3. The lowest BCUT2D eigenvalue weighted by Crippen LogP contribution is -2.52. The lowest BCUT2D eigenvalue weighted by molar-refractivity contribution is 1.29. The van der Waals surface area contributed by atoms with Crippen molar-refractivity contribution in [1.82, 2.24) is 0 Å². The summed E-state index contributed by atoms with van der Waals surface area (Å²) in [7, 11) is -3.63. The Labute approximate surface area is 334 Å². The molecule has 12 rings (SSSR count). The Hall–Kier alpha value is -6.01. The number of rotatable bonds is 5. The standard InChI is InChI=1S/C53H47NSi2/c1-55(2,3)45-29-22-42(23-30-45)52-36-44-28-34-51(52)50-19-13-12-18-48(50)41-24-31-46(32-25-41)56(4,5)47-33-35-49(40-16-10-7-11-17-40)53(37-47)54(44)43-26-20-39(21-27-43)38-14-8-6-9-15-38/h6-37H,1-5H3. The molecule has 1 nitrogen and oxygen atoms in total. The molecular formula is C53H47NSi2. The number of benzene rings is 8.